The maximum absolute atomic E-state index is 11.8. The summed E-state index contributed by atoms with van der Waals surface area (Å²) in [6.45, 7) is 4.79. The average molecular weight is 353 g/mol. The predicted molar refractivity (Wildman–Crippen MR) is 94.9 cm³/mol. The van der Waals surface area contributed by atoms with Gasteiger partial charge in [-0.25, -0.2) is 4.79 Å². The Labute approximate surface area is 145 Å². The highest BCUT2D eigenvalue weighted by Gasteiger charge is 2.04. The highest BCUT2D eigenvalue weighted by atomic mass is 35.5. The molecule has 2 N–H and O–H groups in total. The molecule has 0 saturated heterocycles. The molecule has 0 unspecified atom stereocenters. The lowest BCUT2D eigenvalue weighted by Crippen LogP contribution is -2.32. The number of ether oxygens (including phenoxy) is 1. The molecule has 0 spiro atoms. The van der Waals surface area contributed by atoms with Crippen LogP contribution in [0.2, 0.25) is 10.0 Å². The van der Waals surface area contributed by atoms with E-state index in [1.54, 1.807) is 18.2 Å². The number of rotatable bonds is 5. The molecule has 0 radical (unpaired) electrons. The first-order valence-electron chi connectivity index (χ1n) is 7.14. The smallest absolute Gasteiger partial charge is 0.319 e. The molecule has 0 atom stereocenters. The molecule has 2 aromatic carbocycles. The number of hydrogen-bond donors (Lipinski definition) is 2. The van der Waals surface area contributed by atoms with Crippen LogP contribution in [-0.4, -0.2) is 19.2 Å². The average Bonchev–Trinajstić information content (AvgIpc) is 2.41. The first-order valence-corrected chi connectivity index (χ1v) is 7.90. The van der Waals surface area contributed by atoms with Gasteiger partial charge in [0.05, 0.1) is 6.54 Å². The molecule has 0 fully saturated rings. The van der Waals surface area contributed by atoms with Crippen molar-refractivity contribution < 1.29 is 9.53 Å². The lowest BCUT2D eigenvalue weighted by Gasteiger charge is -2.10. The van der Waals surface area contributed by atoms with Crippen molar-refractivity contribution in [2.75, 3.05) is 18.5 Å². The topological polar surface area (TPSA) is 50.4 Å². The van der Waals surface area contributed by atoms with E-state index in [1.165, 1.54) is 0 Å². The predicted octanol–water partition coefficient (Wildman–Crippen LogP) is 4.81. The SMILES string of the molecule is Cc1cc(C)cc(OCCNC(=O)Nc2cc(Cl)cc(Cl)c2)c1. The van der Waals surface area contributed by atoms with Crippen LogP contribution in [0.1, 0.15) is 11.1 Å². The second kappa shape index (κ2) is 8.09. The maximum Gasteiger partial charge on any atom is 0.319 e. The zero-order valence-electron chi connectivity index (χ0n) is 13.0. The van der Waals surface area contributed by atoms with E-state index in [2.05, 4.69) is 16.7 Å². The van der Waals surface area contributed by atoms with E-state index < -0.39 is 0 Å². The van der Waals surface area contributed by atoms with Crippen LogP contribution in [-0.2, 0) is 0 Å². The summed E-state index contributed by atoms with van der Waals surface area (Å²) < 4.78 is 5.62. The molecule has 0 aliphatic rings. The molecule has 0 aliphatic carbocycles. The van der Waals surface area contributed by atoms with Crippen LogP contribution in [0.4, 0.5) is 10.5 Å². The van der Waals surface area contributed by atoms with Crippen molar-refractivity contribution in [3.8, 4) is 5.75 Å². The lowest BCUT2D eigenvalue weighted by atomic mass is 10.1. The van der Waals surface area contributed by atoms with Crippen LogP contribution in [0, 0.1) is 13.8 Å². The van der Waals surface area contributed by atoms with E-state index in [4.69, 9.17) is 27.9 Å². The first kappa shape index (κ1) is 17.4. The van der Waals surface area contributed by atoms with E-state index >= 15 is 0 Å². The van der Waals surface area contributed by atoms with Gasteiger partial charge < -0.3 is 15.4 Å². The van der Waals surface area contributed by atoms with Crippen molar-refractivity contribution in [3.63, 3.8) is 0 Å². The van der Waals surface area contributed by atoms with Crippen LogP contribution in [0.5, 0.6) is 5.75 Å². The fourth-order valence-electron chi connectivity index (χ4n) is 2.15. The van der Waals surface area contributed by atoms with E-state index in [-0.39, 0.29) is 6.03 Å². The third-order valence-electron chi connectivity index (χ3n) is 2.97. The summed E-state index contributed by atoms with van der Waals surface area (Å²) in [5.41, 5.74) is 2.82. The number of benzene rings is 2. The van der Waals surface area contributed by atoms with Crippen LogP contribution >= 0.6 is 23.2 Å². The number of nitrogens with one attached hydrogen (secondary N) is 2. The number of halogens is 2. The summed E-state index contributed by atoms with van der Waals surface area (Å²) in [6, 6.07) is 10.5. The summed E-state index contributed by atoms with van der Waals surface area (Å²) in [7, 11) is 0. The molecule has 0 aromatic heterocycles. The third kappa shape index (κ3) is 6.00. The van der Waals surface area contributed by atoms with Crippen LogP contribution < -0.4 is 15.4 Å². The number of carbonyl (C=O) groups is 1. The van der Waals surface area contributed by atoms with Gasteiger partial charge in [0.25, 0.3) is 0 Å². The molecular formula is C17H18Cl2N2O2. The van der Waals surface area contributed by atoms with Gasteiger partial charge in [-0.2, -0.15) is 0 Å². The molecule has 0 aliphatic heterocycles. The lowest BCUT2D eigenvalue weighted by molar-refractivity contribution is 0.247. The van der Waals surface area contributed by atoms with Crippen molar-refractivity contribution in [2.45, 2.75) is 13.8 Å². The maximum atomic E-state index is 11.8. The second-order valence-corrected chi connectivity index (χ2v) is 6.08. The Bertz CT molecular complexity index is 664. The number of urea groups is 1. The summed E-state index contributed by atoms with van der Waals surface area (Å²) in [4.78, 5) is 11.8. The van der Waals surface area contributed by atoms with Gasteiger partial charge >= 0.3 is 6.03 Å². The molecule has 122 valence electrons. The number of aryl methyl sites for hydroxylation is 2. The van der Waals surface area contributed by atoms with Crippen LogP contribution in [0.15, 0.2) is 36.4 Å². The molecule has 2 amide bonds. The van der Waals surface area contributed by atoms with Gasteiger partial charge in [-0.15, -0.1) is 0 Å². The minimum Gasteiger partial charge on any atom is -0.492 e. The normalized spacial score (nSPS) is 10.3. The van der Waals surface area contributed by atoms with Crippen molar-refractivity contribution in [2.24, 2.45) is 0 Å². The van der Waals surface area contributed by atoms with Gasteiger partial charge in [-0.1, -0.05) is 29.3 Å². The molecule has 0 heterocycles. The van der Waals surface area contributed by atoms with E-state index in [1.807, 2.05) is 26.0 Å². The van der Waals surface area contributed by atoms with Gasteiger partial charge in [-0.3, -0.25) is 0 Å². The van der Waals surface area contributed by atoms with Crippen LogP contribution in [0.3, 0.4) is 0 Å². The number of amides is 2. The molecule has 0 saturated carbocycles. The minimum atomic E-state index is -0.340. The van der Waals surface area contributed by atoms with Crippen molar-refractivity contribution >= 4 is 34.9 Å². The Kier molecular flexibility index (Phi) is 6.13. The van der Waals surface area contributed by atoms with Gasteiger partial charge in [0, 0.05) is 15.7 Å². The highest BCUT2D eigenvalue weighted by Crippen LogP contribution is 2.22. The third-order valence-corrected chi connectivity index (χ3v) is 3.41. The van der Waals surface area contributed by atoms with Crippen LogP contribution in [0.25, 0.3) is 0 Å². The summed E-state index contributed by atoms with van der Waals surface area (Å²) in [5, 5.41) is 6.30. The summed E-state index contributed by atoms with van der Waals surface area (Å²) >= 11 is 11.8. The van der Waals surface area contributed by atoms with Crippen molar-refractivity contribution in [1.82, 2.24) is 5.32 Å². The summed E-state index contributed by atoms with van der Waals surface area (Å²) in [6.07, 6.45) is 0. The van der Waals surface area contributed by atoms with Gasteiger partial charge in [0.2, 0.25) is 0 Å². The quantitative estimate of drug-likeness (QED) is 0.758. The highest BCUT2D eigenvalue weighted by molar-refractivity contribution is 6.35. The Morgan fingerprint density at radius 2 is 1.61 bits per heavy atom. The Morgan fingerprint density at radius 1 is 1.00 bits per heavy atom. The largest absolute Gasteiger partial charge is 0.492 e. The second-order valence-electron chi connectivity index (χ2n) is 5.21. The molecule has 2 rings (SSSR count). The Balaban J connectivity index is 1.76. The zero-order chi connectivity index (χ0) is 16.8. The van der Waals surface area contributed by atoms with Gasteiger partial charge in [0.15, 0.2) is 0 Å². The van der Waals surface area contributed by atoms with E-state index in [9.17, 15) is 4.79 Å². The zero-order valence-corrected chi connectivity index (χ0v) is 14.5. The monoisotopic (exact) mass is 352 g/mol. The van der Waals surface area contributed by atoms with E-state index in [0.29, 0.717) is 28.9 Å². The van der Waals surface area contributed by atoms with Crippen molar-refractivity contribution in [3.05, 3.63) is 57.6 Å². The Hall–Kier alpha value is -1.91. The van der Waals surface area contributed by atoms with E-state index in [0.717, 1.165) is 16.9 Å². The molecule has 4 nitrogen and oxygen atoms in total. The molecular weight excluding hydrogens is 335 g/mol. The number of anilines is 1. The fraction of sp³-hybridized carbons (Fsp3) is 0.235. The molecule has 2 aromatic rings. The fourth-order valence-corrected chi connectivity index (χ4v) is 2.68. The van der Waals surface area contributed by atoms with Gasteiger partial charge in [0.1, 0.15) is 12.4 Å². The standard InChI is InChI=1S/C17H18Cl2N2O2/c1-11-5-12(2)7-16(6-11)23-4-3-20-17(22)21-15-9-13(18)8-14(19)10-15/h5-10H,3-4H2,1-2H3,(H2,20,21,22). The van der Waals surface area contributed by atoms with Gasteiger partial charge in [-0.05, 0) is 55.3 Å². The number of hydrogen-bond acceptors (Lipinski definition) is 2. The molecule has 0 bridgehead atoms. The minimum absolute atomic E-state index is 0.340. The first-order chi connectivity index (χ1) is 10.9. The molecule has 6 heteroatoms. The summed E-state index contributed by atoms with van der Waals surface area (Å²) in [5.74, 6) is 0.798. The number of carbonyl (C=O) groups excluding carboxylic acids is 1. The Morgan fingerprint density at radius 3 is 2.22 bits per heavy atom. The van der Waals surface area contributed by atoms with Crippen molar-refractivity contribution in [1.29, 1.82) is 0 Å². The molecule has 23 heavy (non-hydrogen) atoms.